The van der Waals surface area contributed by atoms with Crippen LogP contribution in [0.2, 0.25) is 0 Å². The first-order valence-electron chi connectivity index (χ1n) is 7.48. The predicted molar refractivity (Wildman–Crippen MR) is 72.3 cm³/mol. The lowest BCUT2D eigenvalue weighted by molar-refractivity contribution is -0.143. The Morgan fingerprint density at radius 1 is 1.21 bits per heavy atom. The standard InChI is InChI=1S/C15H25NO3/c1-3-14(4-2,11-17)10-16-12(18)9-15(13(16)19)7-5-6-8-15/h17H,3-11H2,1-2H3. The maximum atomic E-state index is 12.6. The lowest BCUT2D eigenvalue weighted by Crippen LogP contribution is -2.44. The van der Waals surface area contributed by atoms with Crippen LogP contribution in [-0.4, -0.2) is 35.0 Å². The number of amides is 2. The van der Waals surface area contributed by atoms with E-state index in [2.05, 4.69) is 0 Å². The maximum absolute atomic E-state index is 12.6. The summed E-state index contributed by atoms with van der Waals surface area (Å²) in [6.07, 6.45) is 5.78. The van der Waals surface area contributed by atoms with Gasteiger partial charge in [-0.3, -0.25) is 14.5 Å². The highest BCUT2D eigenvalue weighted by atomic mass is 16.3. The van der Waals surface area contributed by atoms with E-state index in [4.69, 9.17) is 0 Å². The zero-order valence-corrected chi connectivity index (χ0v) is 12.1. The van der Waals surface area contributed by atoms with Crippen LogP contribution in [0.25, 0.3) is 0 Å². The van der Waals surface area contributed by atoms with E-state index in [0.29, 0.717) is 13.0 Å². The van der Waals surface area contributed by atoms with E-state index in [0.717, 1.165) is 38.5 Å². The van der Waals surface area contributed by atoms with Gasteiger partial charge in [0.05, 0.1) is 12.0 Å². The second kappa shape index (κ2) is 5.23. The van der Waals surface area contributed by atoms with Crippen molar-refractivity contribution in [2.24, 2.45) is 10.8 Å². The fourth-order valence-electron chi connectivity index (χ4n) is 3.55. The van der Waals surface area contributed by atoms with Gasteiger partial charge in [0.1, 0.15) is 0 Å². The molecule has 1 heterocycles. The van der Waals surface area contributed by atoms with Crippen LogP contribution in [0.5, 0.6) is 0 Å². The van der Waals surface area contributed by atoms with Crippen molar-refractivity contribution in [1.82, 2.24) is 4.90 Å². The van der Waals surface area contributed by atoms with Crippen molar-refractivity contribution in [2.45, 2.75) is 58.8 Å². The molecule has 0 aromatic heterocycles. The number of hydrogen-bond acceptors (Lipinski definition) is 3. The number of carbonyl (C=O) groups excluding carboxylic acids is 2. The zero-order valence-electron chi connectivity index (χ0n) is 12.1. The van der Waals surface area contributed by atoms with Gasteiger partial charge in [0.15, 0.2) is 0 Å². The monoisotopic (exact) mass is 267 g/mol. The maximum Gasteiger partial charge on any atom is 0.235 e. The zero-order chi connectivity index (χ0) is 14.1. The smallest absolute Gasteiger partial charge is 0.235 e. The van der Waals surface area contributed by atoms with Gasteiger partial charge in [-0.1, -0.05) is 26.7 Å². The number of aliphatic hydroxyl groups excluding tert-OH is 1. The first-order chi connectivity index (χ1) is 9.02. The van der Waals surface area contributed by atoms with E-state index >= 15 is 0 Å². The molecule has 0 unspecified atom stereocenters. The molecule has 4 heteroatoms. The molecule has 108 valence electrons. The summed E-state index contributed by atoms with van der Waals surface area (Å²) in [5, 5.41) is 9.62. The molecule has 19 heavy (non-hydrogen) atoms. The number of hydrogen-bond donors (Lipinski definition) is 1. The number of nitrogens with zero attached hydrogens (tertiary/aromatic N) is 1. The van der Waals surface area contributed by atoms with Crippen molar-refractivity contribution in [1.29, 1.82) is 0 Å². The summed E-state index contributed by atoms with van der Waals surface area (Å²) in [5.41, 5.74) is -0.713. The molecule has 0 aromatic carbocycles. The lowest BCUT2D eigenvalue weighted by atomic mass is 9.82. The number of likely N-dealkylation sites (tertiary alicyclic amines) is 1. The molecule has 1 N–H and O–H groups in total. The molecule has 0 aromatic rings. The Labute approximate surface area is 115 Å². The molecular formula is C15H25NO3. The Hall–Kier alpha value is -0.900. The predicted octanol–water partition coefficient (Wildman–Crippen LogP) is 2.10. The molecule has 2 aliphatic rings. The number of aliphatic hydroxyl groups is 1. The van der Waals surface area contributed by atoms with Crippen LogP contribution in [0.15, 0.2) is 0 Å². The van der Waals surface area contributed by atoms with Gasteiger partial charge in [-0.15, -0.1) is 0 Å². The molecule has 2 rings (SSSR count). The minimum Gasteiger partial charge on any atom is -0.396 e. The Morgan fingerprint density at radius 3 is 2.26 bits per heavy atom. The van der Waals surface area contributed by atoms with Gasteiger partial charge in [-0.2, -0.15) is 0 Å². The fourth-order valence-corrected chi connectivity index (χ4v) is 3.55. The van der Waals surface area contributed by atoms with E-state index in [9.17, 15) is 14.7 Å². The minimum absolute atomic E-state index is 0.0229. The molecule has 2 fully saturated rings. The molecule has 2 amide bonds. The van der Waals surface area contributed by atoms with E-state index in [1.807, 2.05) is 13.8 Å². The van der Waals surface area contributed by atoms with Crippen molar-refractivity contribution in [3.63, 3.8) is 0 Å². The van der Waals surface area contributed by atoms with Crippen molar-refractivity contribution < 1.29 is 14.7 Å². The van der Waals surface area contributed by atoms with Crippen LogP contribution in [0.1, 0.15) is 58.8 Å². The third-order valence-electron chi connectivity index (χ3n) is 5.38. The highest BCUT2D eigenvalue weighted by Crippen LogP contribution is 2.47. The SMILES string of the molecule is CCC(CC)(CO)CN1C(=O)CC2(CCCC2)C1=O. The fraction of sp³-hybridized carbons (Fsp3) is 0.867. The van der Waals surface area contributed by atoms with Crippen LogP contribution >= 0.6 is 0 Å². The summed E-state index contributed by atoms with van der Waals surface area (Å²) < 4.78 is 0. The second-order valence-electron chi connectivity index (χ2n) is 6.31. The summed E-state index contributed by atoms with van der Waals surface area (Å²) in [6.45, 7) is 4.44. The number of rotatable bonds is 5. The van der Waals surface area contributed by atoms with Gasteiger partial charge >= 0.3 is 0 Å². The average molecular weight is 267 g/mol. The second-order valence-corrected chi connectivity index (χ2v) is 6.31. The summed E-state index contributed by atoms with van der Waals surface area (Å²) in [4.78, 5) is 26.2. The van der Waals surface area contributed by atoms with Crippen LogP contribution in [-0.2, 0) is 9.59 Å². The summed E-state index contributed by atoms with van der Waals surface area (Å²) in [5.74, 6) is -0.0126. The number of imide groups is 1. The minimum atomic E-state index is -0.389. The lowest BCUT2D eigenvalue weighted by Gasteiger charge is -2.33. The van der Waals surface area contributed by atoms with E-state index in [1.165, 1.54) is 4.90 Å². The van der Waals surface area contributed by atoms with E-state index in [-0.39, 0.29) is 29.3 Å². The van der Waals surface area contributed by atoms with Crippen molar-refractivity contribution >= 4 is 11.8 Å². The highest BCUT2D eigenvalue weighted by Gasteiger charge is 2.53. The van der Waals surface area contributed by atoms with Crippen molar-refractivity contribution in [2.75, 3.05) is 13.2 Å². The van der Waals surface area contributed by atoms with Crippen molar-refractivity contribution in [3.05, 3.63) is 0 Å². The summed E-state index contributed by atoms with van der Waals surface area (Å²) in [6, 6.07) is 0. The summed E-state index contributed by atoms with van der Waals surface area (Å²) in [7, 11) is 0. The normalized spacial score (nSPS) is 22.8. The number of carbonyl (C=O) groups is 2. The highest BCUT2D eigenvalue weighted by molar-refractivity contribution is 6.06. The van der Waals surface area contributed by atoms with Gasteiger partial charge in [0, 0.05) is 18.4 Å². The van der Waals surface area contributed by atoms with Crippen LogP contribution < -0.4 is 0 Å². The van der Waals surface area contributed by atoms with Gasteiger partial charge in [0.2, 0.25) is 11.8 Å². The largest absolute Gasteiger partial charge is 0.396 e. The molecule has 1 aliphatic carbocycles. The average Bonchev–Trinajstić information content (AvgIpc) is 2.97. The molecule has 1 spiro atoms. The van der Waals surface area contributed by atoms with Crippen molar-refractivity contribution in [3.8, 4) is 0 Å². The molecule has 1 aliphatic heterocycles. The molecule has 0 bridgehead atoms. The van der Waals surface area contributed by atoms with Gasteiger partial charge in [0.25, 0.3) is 0 Å². The van der Waals surface area contributed by atoms with Crippen LogP contribution in [0, 0.1) is 10.8 Å². The topological polar surface area (TPSA) is 57.6 Å². The molecular weight excluding hydrogens is 242 g/mol. The quantitative estimate of drug-likeness (QED) is 0.776. The van der Waals surface area contributed by atoms with Gasteiger partial charge < -0.3 is 5.11 Å². The molecule has 0 radical (unpaired) electrons. The Balaban J connectivity index is 2.17. The van der Waals surface area contributed by atoms with Gasteiger partial charge in [-0.05, 0) is 25.7 Å². The molecule has 4 nitrogen and oxygen atoms in total. The first-order valence-corrected chi connectivity index (χ1v) is 7.48. The Kier molecular flexibility index (Phi) is 4.00. The third kappa shape index (κ3) is 2.31. The van der Waals surface area contributed by atoms with E-state index in [1.54, 1.807) is 0 Å². The van der Waals surface area contributed by atoms with Crippen LogP contribution in [0.3, 0.4) is 0 Å². The van der Waals surface area contributed by atoms with E-state index < -0.39 is 0 Å². The third-order valence-corrected chi connectivity index (χ3v) is 5.38. The molecule has 1 saturated heterocycles. The Bertz CT molecular complexity index is 359. The van der Waals surface area contributed by atoms with Gasteiger partial charge in [-0.25, -0.2) is 0 Å². The summed E-state index contributed by atoms with van der Waals surface area (Å²) >= 11 is 0. The molecule has 0 atom stereocenters. The first kappa shape index (κ1) is 14.5. The molecule has 1 saturated carbocycles. The van der Waals surface area contributed by atoms with Crippen LogP contribution in [0.4, 0.5) is 0 Å². The Morgan fingerprint density at radius 2 is 1.79 bits per heavy atom.